The Balaban J connectivity index is 1.95. The highest BCUT2D eigenvalue weighted by Gasteiger charge is 2.51. The number of anilines is 1. The van der Waals surface area contributed by atoms with Gasteiger partial charge in [0, 0.05) is 17.1 Å². The van der Waals surface area contributed by atoms with E-state index < -0.39 is 12.1 Å². The zero-order chi connectivity index (χ0) is 17.3. The molecule has 0 saturated carbocycles. The molecule has 0 radical (unpaired) electrons. The number of benzene rings is 2. The van der Waals surface area contributed by atoms with Gasteiger partial charge in [-0.3, -0.25) is 14.5 Å². The van der Waals surface area contributed by atoms with Crippen LogP contribution < -0.4 is 9.64 Å². The van der Waals surface area contributed by atoms with Crippen molar-refractivity contribution in [3.05, 3.63) is 58.6 Å². The summed E-state index contributed by atoms with van der Waals surface area (Å²) < 4.78 is 11.3. The Morgan fingerprint density at radius 3 is 2.25 bits per heavy atom. The molecule has 0 bridgehead atoms. The van der Waals surface area contributed by atoms with Crippen molar-refractivity contribution in [2.75, 3.05) is 12.0 Å². The minimum atomic E-state index is -0.800. The van der Waals surface area contributed by atoms with Gasteiger partial charge in [0.05, 0.1) is 7.11 Å². The molecule has 1 fully saturated rings. The number of ether oxygens (including phenoxy) is 2. The molecule has 1 aliphatic rings. The fourth-order valence-electron chi connectivity index (χ4n) is 2.77. The van der Waals surface area contributed by atoms with E-state index in [9.17, 15) is 9.59 Å². The third-order valence-corrected chi connectivity index (χ3v) is 4.43. The zero-order valence-corrected chi connectivity index (χ0v) is 14.8. The SMILES string of the molecule is COc1ccc(N2C(=O)[C@H](OC(C)=O)[C@@H]2c2ccc(Br)cc2)cc1. The van der Waals surface area contributed by atoms with Gasteiger partial charge in [0.15, 0.2) is 0 Å². The highest BCUT2D eigenvalue weighted by atomic mass is 79.9. The first-order chi connectivity index (χ1) is 11.5. The number of carbonyl (C=O) groups excluding carboxylic acids is 2. The first-order valence-corrected chi connectivity index (χ1v) is 8.20. The Kier molecular flexibility index (Phi) is 4.57. The van der Waals surface area contributed by atoms with E-state index in [2.05, 4.69) is 15.9 Å². The molecule has 24 heavy (non-hydrogen) atoms. The number of carbonyl (C=O) groups is 2. The van der Waals surface area contributed by atoms with Crippen LogP contribution in [0, 0.1) is 0 Å². The van der Waals surface area contributed by atoms with Crippen LogP contribution in [0.3, 0.4) is 0 Å². The fourth-order valence-corrected chi connectivity index (χ4v) is 3.03. The summed E-state index contributed by atoms with van der Waals surface area (Å²) in [4.78, 5) is 25.5. The largest absolute Gasteiger partial charge is 0.497 e. The van der Waals surface area contributed by atoms with Gasteiger partial charge in [-0.15, -0.1) is 0 Å². The summed E-state index contributed by atoms with van der Waals surface area (Å²) in [5, 5.41) is 0. The Morgan fingerprint density at radius 1 is 1.08 bits per heavy atom. The second kappa shape index (κ2) is 6.65. The summed E-state index contributed by atoms with van der Waals surface area (Å²) in [6, 6.07) is 14.5. The van der Waals surface area contributed by atoms with Crippen LogP contribution in [0.15, 0.2) is 53.0 Å². The maximum Gasteiger partial charge on any atom is 0.303 e. The summed E-state index contributed by atoms with van der Waals surface area (Å²) in [5.41, 5.74) is 1.64. The summed E-state index contributed by atoms with van der Waals surface area (Å²) in [7, 11) is 1.59. The minimum Gasteiger partial charge on any atom is -0.497 e. The van der Waals surface area contributed by atoms with Crippen molar-refractivity contribution in [1.82, 2.24) is 0 Å². The third-order valence-electron chi connectivity index (χ3n) is 3.90. The highest BCUT2D eigenvalue weighted by Crippen LogP contribution is 2.41. The van der Waals surface area contributed by atoms with Crippen LogP contribution in [-0.2, 0) is 14.3 Å². The number of methoxy groups -OCH3 is 1. The van der Waals surface area contributed by atoms with Crippen molar-refractivity contribution >= 4 is 33.5 Å². The number of hydrogen-bond acceptors (Lipinski definition) is 4. The first-order valence-electron chi connectivity index (χ1n) is 7.41. The number of rotatable bonds is 4. The summed E-state index contributed by atoms with van der Waals surface area (Å²) in [5.74, 6) is 0.0107. The van der Waals surface area contributed by atoms with E-state index in [0.29, 0.717) is 5.75 Å². The Bertz CT molecular complexity index is 758. The molecule has 124 valence electrons. The molecule has 5 nitrogen and oxygen atoms in total. The molecule has 1 saturated heterocycles. The zero-order valence-electron chi connectivity index (χ0n) is 13.2. The number of esters is 1. The molecule has 0 unspecified atom stereocenters. The minimum absolute atomic E-state index is 0.233. The van der Waals surface area contributed by atoms with Crippen LogP contribution >= 0.6 is 15.9 Å². The monoisotopic (exact) mass is 389 g/mol. The lowest BCUT2D eigenvalue weighted by atomic mass is 9.89. The smallest absolute Gasteiger partial charge is 0.303 e. The Morgan fingerprint density at radius 2 is 1.71 bits per heavy atom. The van der Waals surface area contributed by atoms with Crippen LogP contribution in [-0.4, -0.2) is 25.1 Å². The molecular formula is C18H16BrNO4. The summed E-state index contributed by atoms with van der Waals surface area (Å²) in [6.07, 6.45) is -0.800. The summed E-state index contributed by atoms with van der Waals surface area (Å²) in [6.45, 7) is 1.31. The molecule has 2 atom stereocenters. The van der Waals surface area contributed by atoms with Crippen molar-refractivity contribution < 1.29 is 19.1 Å². The van der Waals surface area contributed by atoms with E-state index in [0.717, 1.165) is 15.7 Å². The van der Waals surface area contributed by atoms with E-state index >= 15 is 0 Å². The van der Waals surface area contributed by atoms with E-state index in [-0.39, 0.29) is 11.9 Å². The van der Waals surface area contributed by atoms with Gasteiger partial charge in [-0.25, -0.2) is 0 Å². The lowest BCUT2D eigenvalue weighted by Gasteiger charge is -2.46. The Hall–Kier alpha value is -2.34. The number of β-lactam (4-membered cyclic amide) rings is 1. The maximum atomic E-state index is 12.5. The fraction of sp³-hybridized carbons (Fsp3) is 0.222. The number of nitrogens with zero attached hydrogens (tertiary/aromatic N) is 1. The average molecular weight is 390 g/mol. The summed E-state index contributed by atoms with van der Waals surface area (Å²) >= 11 is 3.40. The van der Waals surface area contributed by atoms with Crippen molar-refractivity contribution in [1.29, 1.82) is 0 Å². The van der Waals surface area contributed by atoms with Gasteiger partial charge in [0.1, 0.15) is 11.8 Å². The molecule has 0 aromatic heterocycles. The van der Waals surface area contributed by atoms with Crippen molar-refractivity contribution in [3.63, 3.8) is 0 Å². The van der Waals surface area contributed by atoms with Crippen LogP contribution in [0.2, 0.25) is 0 Å². The van der Waals surface area contributed by atoms with Gasteiger partial charge < -0.3 is 9.47 Å². The van der Waals surface area contributed by atoms with Crippen LogP contribution in [0.1, 0.15) is 18.5 Å². The Labute approximate surface area is 148 Å². The lowest BCUT2D eigenvalue weighted by Crippen LogP contribution is -2.60. The van der Waals surface area contributed by atoms with Gasteiger partial charge >= 0.3 is 5.97 Å². The van der Waals surface area contributed by atoms with Crippen molar-refractivity contribution in [3.8, 4) is 5.75 Å². The number of amides is 1. The van der Waals surface area contributed by atoms with Gasteiger partial charge in [-0.05, 0) is 42.0 Å². The number of hydrogen-bond donors (Lipinski definition) is 0. The maximum absolute atomic E-state index is 12.5. The molecule has 0 N–H and O–H groups in total. The lowest BCUT2D eigenvalue weighted by molar-refractivity contribution is -0.160. The molecule has 0 spiro atoms. The first kappa shape index (κ1) is 16.5. The quantitative estimate of drug-likeness (QED) is 0.593. The van der Waals surface area contributed by atoms with Gasteiger partial charge in [0.25, 0.3) is 5.91 Å². The molecule has 2 aromatic rings. The molecule has 1 amide bonds. The molecule has 1 aliphatic heterocycles. The predicted octanol–water partition coefficient (Wildman–Crippen LogP) is 3.48. The average Bonchev–Trinajstić information content (AvgIpc) is 2.58. The topological polar surface area (TPSA) is 55.8 Å². The molecule has 6 heteroatoms. The van der Waals surface area contributed by atoms with Crippen LogP contribution in [0.25, 0.3) is 0 Å². The van der Waals surface area contributed by atoms with Crippen molar-refractivity contribution in [2.45, 2.75) is 19.1 Å². The van der Waals surface area contributed by atoms with E-state index in [1.165, 1.54) is 6.92 Å². The van der Waals surface area contributed by atoms with E-state index in [1.54, 1.807) is 24.1 Å². The van der Waals surface area contributed by atoms with Crippen LogP contribution in [0.4, 0.5) is 5.69 Å². The van der Waals surface area contributed by atoms with E-state index in [4.69, 9.17) is 9.47 Å². The van der Waals surface area contributed by atoms with Crippen molar-refractivity contribution in [2.24, 2.45) is 0 Å². The predicted molar refractivity (Wildman–Crippen MR) is 92.9 cm³/mol. The molecule has 3 rings (SSSR count). The van der Waals surface area contributed by atoms with Crippen LogP contribution in [0.5, 0.6) is 5.75 Å². The normalized spacial score (nSPS) is 19.6. The second-order valence-corrected chi connectivity index (χ2v) is 6.35. The highest BCUT2D eigenvalue weighted by molar-refractivity contribution is 9.10. The molecule has 2 aromatic carbocycles. The third kappa shape index (κ3) is 3.01. The molecule has 1 heterocycles. The second-order valence-electron chi connectivity index (χ2n) is 5.43. The van der Waals surface area contributed by atoms with Gasteiger partial charge in [0.2, 0.25) is 6.10 Å². The number of halogens is 1. The molecular weight excluding hydrogens is 374 g/mol. The van der Waals surface area contributed by atoms with Gasteiger partial charge in [-0.1, -0.05) is 28.1 Å². The van der Waals surface area contributed by atoms with E-state index in [1.807, 2.05) is 36.4 Å². The standard InChI is InChI=1S/C18H16BrNO4/c1-11(21)24-17-16(12-3-5-13(19)6-4-12)20(18(17)22)14-7-9-15(23-2)10-8-14/h3-10,16-17H,1-2H3/t16-,17+/m0/s1. The van der Waals surface area contributed by atoms with Gasteiger partial charge in [-0.2, -0.15) is 0 Å². The molecule has 0 aliphatic carbocycles.